The molecule has 108 valence electrons. The van der Waals surface area contributed by atoms with E-state index in [-0.39, 0.29) is 0 Å². The van der Waals surface area contributed by atoms with Crippen molar-refractivity contribution >= 4 is 11.8 Å². The van der Waals surface area contributed by atoms with E-state index < -0.39 is 0 Å². The first-order valence-electron chi connectivity index (χ1n) is 8.14. The Labute approximate surface area is 121 Å². The van der Waals surface area contributed by atoms with E-state index >= 15 is 0 Å². The Bertz CT molecular complexity index is 306. The molecule has 4 aliphatic carbocycles. The van der Waals surface area contributed by atoms with Crippen LogP contribution in [0.25, 0.3) is 0 Å². The molecule has 19 heavy (non-hydrogen) atoms. The molecular weight excluding hydrogens is 254 g/mol. The van der Waals surface area contributed by atoms with Crippen LogP contribution in [0.3, 0.4) is 0 Å². The molecule has 0 spiro atoms. The largest absolute Gasteiger partial charge is 0.379 e. The molecule has 0 aromatic rings. The first-order chi connectivity index (χ1) is 9.27. The molecule has 5 rings (SSSR count). The van der Waals surface area contributed by atoms with Gasteiger partial charge < -0.3 is 10.1 Å². The summed E-state index contributed by atoms with van der Waals surface area (Å²) in [6, 6.07) is 0.742. The lowest BCUT2D eigenvalue weighted by Crippen LogP contribution is -2.56. The summed E-state index contributed by atoms with van der Waals surface area (Å²) in [4.78, 5) is 0. The zero-order valence-corrected chi connectivity index (χ0v) is 12.9. The van der Waals surface area contributed by atoms with Crippen LogP contribution >= 0.6 is 11.8 Å². The third kappa shape index (κ3) is 2.26. The second-order valence-corrected chi connectivity index (χ2v) is 8.95. The fraction of sp³-hybridized carbons (Fsp3) is 1.00. The van der Waals surface area contributed by atoms with Crippen molar-refractivity contribution in [2.75, 3.05) is 26.0 Å². The predicted molar refractivity (Wildman–Crippen MR) is 80.5 cm³/mol. The second-order valence-electron chi connectivity index (χ2n) is 7.61. The lowest BCUT2D eigenvalue weighted by Gasteiger charge is -2.59. The van der Waals surface area contributed by atoms with E-state index in [4.69, 9.17) is 4.74 Å². The number of rotatable bonds is 5. The maximum atomic E-state index is 5.31. The third-order valence-corrected chi connectivity index (χ3v) is 7.55. The zero-order valence-electron chi connectivity index (χ0n) is 12.1. The summed E-state index contributed by atoms with van der Waals surface area (Å²) in [6.45, 7) is 1.98. The molecule has 0 radical (unpaired) electrons. The van der Waals surface area contributed by atoms with Crippen LogP contribution in [0.1, 0.15) is 38.5 Å². The molecule has 3 heteroatoms. The number of nitrogens with one attached hydrogen (secondary N) is 1. The summed E-state index contributed by atoms with van der Waals surface area (Å²) in [5.41, 5.74) is 0.654. The highest BCUT2D eigenvalue weighted by molar-refractivity contribution is 8.00. The SMILES string of the molecule is CNC(CSC1COC1)C12CC3CC(CC(C3)C1)C2. The number of hydrogen-bond donors (Lipinski definition) is 1. The second kappa shape index (κ2) is 4.92. The first kappa shape index (κ1) is 13.0. The van der Waals surface area contributed by atoms with Gasteiger partial charge in [-0.25, -0.2) is 0 Å². The summed E-state index contributed by atoms with van der Waals surface area (Å²) in [5.74, 6) is 4.51. The van der Waals surface area contributed by atoms with E-state index in [0.29, 0.717) is 5.41 Å². The number of ether oxygens (including phenoxy) is 1. The average Bonchev–Trinajstić information content (AvgIpc) is 2.30. The van der Waals surface area contributed by atoms with Crippen molar-refractivity contribution < 1.29 is 4.74 Å². The van der Waals surface area contributed by atoms with Crippen LogP contribution in [0.2, 0.25) is 0 Å². The fourth-order valence-electron chi connectivity index (χ4n) is 5.71. The topological polar surface area (TPSA) is 21.3 Å². The molecule has 1 unspecified atom stereocenters. The van der Waals surface area contributed by atoms with Crippen molar-refractivity contribution in [2.24, 2.45) is 23.2 Å². The Morgan fingerprint density at radius 2 is 1.68 bits per heavy atom. The van der Waals surface area contributed by atoms with Crippen molar-refractivity contribution in [3.8, 4) is 0 Å². The number of hydrogen-bond acceptors (Lipinski definition) is 3. The van der Waals surface area contributed by atoms with E-state index in [9.17, 15) is 0 Å². The zero-order chi connectivity index (χ0) is 12.9. The quantitative estimate of drug-likeness (QED) is 0.837. The summed E-state index contributed by atoms with van der Waals surface area (Å²) < 4.78 is 5.31. The van der Waals surface area contributed by atoms with Gasteiger partial charge in [0.2, 0.25) is 0 Å². The normalized spacial score (nSPS) is 46.3. The summed E-state index contributed by atoms with van der Waals surface area (Å²) in [5, 5.41) is 4.48. The molecule has 5 fully saturated rings. The standard InChI is InChI=1S/C16H27NOS/c1-17-15(10-19-14-8-18-9-14)16-5-11-2-12(6-16)4-13(3-11)7-16/h11-15,17H,2-10H2,1H3. The molecule has 4 saturated carbocycles. The van der Waals surface area contributed by atoms with Gasteiger partial charge in [-0.15, -0.1) is 0 Å². The lowest BCUT2D eigenvalue weighted by atomic mass is 9.48. The van der Waals surface area contributed by atoms with E-state index in [1.807, 2.05) is 0 Å². The maximum absolute atomic E-state index is 5.31. The average molecular weight is 281 g/mol. The lowest BCUT2D eigenvalue weighted by molar-refractivity contribution is -0.0683. The van der Waals surface area contributed by atoms with Gasteiger partial charge in [-0.1, -0.05) is 0 Å². The summed E-state index contributed by atoms with van der Waals surface area (Å²) in [6.07, 6.45) is 9.22. The molecule has 1 N–H and O–H groups in total. The predicted octanol–water partition coefficient (Wildman–Crippen LogP) is 2.92. The van der Waals surface area contributed by atoms with Crippen LogP contribution in [0.4, 0.5) is 0 Å². The highest BCUT2D eigenvalue weighted by atomic mass is 32.2. The van der Waals surface area contributed by atoms with Gasteiger partial charge in [-0.3, -0.25) is 0 Å². The Hall–Kier alpha value is 0.270. The van der Waals surface area contributed by atoms with E-state index in [1.54, 1.807) is 19.3 Å². The van der Waals surface area contributed by atoms with Gasteiger partial charge in [0.25, 0.3) is 0 Å². The molecule has 2 nitrogen and oxygen atoms in total. The molecular formula is C16H27NOS. The van der Waals surface area contributed by atoms with Crippen molar-refractivity contribution in [1.29, 1.82) is 0 Å². The molecule has 1 saturated heterocycles. The molecule has 4 bridgehead atoms. The van der Waals surface area contributed by atoms with Crippen LogP contribution < -0.4 is 5.32 Å². The summed E-state index contributed by atoms with van der Waals surface area (Å²) in [7, 11) is 2.20. The van der Waals surface area contributed by atoms with Gasteiger partial charge in [-0.05, 0) is 68.7 Å². The third-order valence-electron chi connectivity index (χ3n) is 6.28. The Kier molecular flexibility index (Phi) is 3.36. The van der Waals surface area contributed by atoms with Crippen LogP contribution in [0, 0.1) is 23.2 Å². The van der Waals surface area contributed by atoms with E-state index in [2.05, 4.69) is 24.1 Å². The monoisotopic (exact) mass is 281 g/mol. The van der Waals surface area contributed by atoms with Crippen LogP contribution in [-0.2, 0) is 4.74 Å². The molecule has 0 amide bonds. The van der Waals surface area contributed by atoms with Crippen molar-refractivity contribution in [2.45, 2.75) is 49.8 Å². The minimum Gasteiger partial charge on any atom is -0.379 e. The van der Waals surface area contributed by atoms with Gasteiger partial charge >= 0.3 is 0 Å². The van der Waals surface area contributed by atoms with Crippen LogP contribution in [0.5, 0.6) is 0 Å². The molecule has 5 aliphatic rings. The Morgan fingerprint density at radius 3 is 2.11 bits per heavy atom. The fourth-order valence-corrected chi connectivity index (χ4v) is 7.08. The van der Waals surface area contributed by atoms with Gasteiger partial charge in [-0.2, -0.15) is 11.8 Å². The smallest absolute Gasteiger partial charge is 0.0607 e. The van der Waals surface area contributed by atoms with E-state index in [1.165, 1.54) is 25.0 Å². The van der Waals surface area contributed by atoms with Crippen molar-refractivity contribution in [1.82, 2.24) is 5.32 Å². The molecule has 1 atom stereocenters. The maximum Gasteiger partial charge on any atom is 0.0607 e. The number of thioether (sulfide) groups is 1. The van der Waals surface area contributed by atoms with Gasteiger partial charge in [0.05, 0.1) is 18.5 Å². The highest BCUT2D eigenvalue weighted by Crippen LogP contribution is 2.61. The van der Waals surface area contributed by atoms with Gasteiger partial charge in [0, 0.05) is 11.8 Å². The summed E-state index contributed by atoms with van der Waals surface area (Å²) >= 11 is 2.16. The molecule has 1 heterocycles. The van der Waals surface area contributed by atoms with Crippen LogP contribution in [0.15, 0.2) is 0 Å². The van der Waals surface area contributed by atoms with Crippen LogP contribution in [-0.4, -0.2) is 37.3 Å². The van der Waals surface area contributed by atoms with Gasteiger partial charge in [0.15, 0.2) is 0 Å². The molecule has 0 aromatic heterocycles. The minimum atomic E-state index is 0.654. The highest BCUT2D eigenvalue weighted by Gasteiger charge is 2.53. The van der Waals surface area contributed by atoms with Gasteiger partial charge in [0.1, 0.15) is 0 Å². The minimum absolute atomic E-state index is 0.654. The first-order valence-corrected chi connectivity index (χ1v) is 9.19. The Balaban J connectivity index is 1.45. The molecule has 0 aromatic carbocycles. The van der Waals surface area contributed by atoms with Crippen molar-refractivity contribution in [3.63, 3.8) is 0 Å². The van der Waals surface area contributed by atoms with Crippen molar-refractivity contribution in [3.05, 3.63) is 0 Å². The van der Waals surface area contributed by atoms with E-state index in [0.717, 1.165) is 42.3 Å². The molecule has 1 aliphatic heterocycles. The Morgan fingerprint density at radius 1 is 1.11 bits per heavy atom.